The van der Waals surface area contributed by atoms with Crippen LogP contribution in [0, 0.1) is 0 Å². The van der Waals surface area contributed by atoms with Crippen molar-refractivity contribution in [3.63, 3.8) is 0 Å². The van der Waals surface area contributed by atoms with Crippen LogP contribution in [0.2, 0.25) is 5.15 Å². The Morgan fingerprint density at radius 1 is 0.914 bits per heavy atom. The van der Waals surface area contributed by atoms with Crippen molar-refractivity contribution in [2.45, 2.75) is 13.1 Å². The summed E-state index contributed by atoms with van der Waals surface area (Å²) in [6, 6.07) is 10.9. The number of fused-ring (bicyclic) bond motifs is 1. The normalized spacial score (nSPS) is 17.5. The molecule has 184 valence electrons. The van der Waals surface area contributed by atoms with Crippen LogP contribution in [-0.4, -0.2) is 83.4 Å². The molecule has 0 radical (unpaired) electrons. The molecular formula is C25H28ClN5O4. The number of phenolic OH excluding ortho intramolecular Hbond substituents is 1. The minimum atomic E-state index is -0.450. The van der Waals surface area contributed by atoms with Gasteiger partial charge in [0.05, 0.1) is 37.5 Å². The SMILES string of the molecule is O=C(Nc1cc(CN2CCOCC2)c(O)c(CN2CCOCC2)c1)c1nc2ccccc2nc1Cl. The van der Waals surface area contributed by atoms with Gasteiger partial charge in [-0.25, -0.2) is 9.97 Å². The van der Waals surface area contributed by atoms with Crippen LogP contribution >= 0.6 is 11.6 Å². The first kappa shape index (κ1) is 23.9. The molecule has 2 N–H and O–H groups in total. The largest absolute Gasteiger partial charge is 0.507 e. The summed E-state index contributed by atoms with van der Waals surface area (Å²) in [6.07, 6.45) is 0. The lowest BCUT2D eigenvalue weighted by Crippen LogP contribution is -2.36. The maximum Gasteiger partial charge on any atom is 0.277 e. The molecule has 2 aliphatic heterocycles. The second-order valence-corrected chi connectivity index (χ2v) is 9.08. The molecule has 0 atom stereocenters. The number of nitrogens with one attached hydrogen (secondary N) is 1. The summed E-state index contributed by atoms with van der Waals surface area (Å²) >= 11 is 6.30. The third-order valence-corrected chi connectivity index (χ3v) is 6.53. The van der Waals surface area contributed by atoms with Crippen LogP contribution in [0.25, 0.3) is 11.0 Å². The molecule has 0 unspecified atom stereocenters. The van der Waals surface area contributed by atoms with Crippen molar-refractivity contribution in [1.29, 1.82) is 0 Å². The number of para-hydroxylation sites is 2. The van der Waals surface area contributed by atoms with Gasteiger partial charge in [-0.3, -0.25) is 14.6 Å². The molecule has 10 heteroatoms. The zero-order valence-electron chi connectivity index (χ0n) is 19.4. The van der Waals surface area contributed by atoms with Crippen LogP contribution < -0.4 is 5.32 Å². The number of rotatable bonds is 6. The van der Waals surface area contributed by atoms with Gasteiger partial charge in [0, 0.05) is 56.1 Å². The molecule has 0 spiro atoms. The van der Waals surface area contributed by atoms with E-state index in [2.05, 4.69) is 25.1 Å². The van der Waals surface area contributed by atoms with Crippen molar-refractivity contribution in [3.8, 4) is 5.75 Å². The smallest absolute Gasteiger partial charge is 0.277 e. The molecule has 0 bridgehead atoms. The van der Waals surface area contributed by atoms with Crippen molar-refractivity contribution in [1.82, 2.24) is 19.8 Å². The van der Waals surface area contributed by atoms with E-state index in [9.17, 15) is 9.90 Å². The summed E-state index contributed by atoms with van der Waals surface area (Å²) in [5.74, 6) is -0.196. The molecule has 3 heterocycles. The number of hydrogen-bond acceptors (Lipinski definition) is 8. The van der Waals surface area contributed by atoms with Gasteiger partial charge in [0.1, 0.15) is 5.75 Å². The first-order chi connectivity index (χ1) is 17.1. The number of anilines is 1. The Bertz CT molecular complexity index is 1170. The van der Waals surface area contributed by atoms with Gasteiger partial charge in [-0.05, 0) is 24.3 Å². The number of carbonyl (C=O) groups excluding carboxylic acids is 1. The predicted octanol–water partition coefficient (Wildman–Crippen LogP) is 2.91. The number of carbonyl (C=O) groups is 1. The highest BCUT2D eigenvalue weighted by Crippen LogP contribution is 2.31. The highest BCUT2D eigenvalue weighted by atomic mass is 35.5. The molecule has 2 fully saturated rings. The highest BCUT2D eigenvalue weighted by Gasteiger charge is 2.21. The lowest BCUT2D eigenvalue weighted by molar-refractivity contribution is 0.0328. The van der Waals surface area contributed by atoms with E-state index in [1.54, 1.807) is 12.1 Å². The molecule has 5 rings (SSSR count). The van der Waals surface area contributed by atoms with Crippen LogP contribution in [0.1, 0.15) is 21.6 Å². The van der Waals surface area contributed by atoms with E-state index in [0.717, 1.165) is 37.3 Å². The number of nitrogens with zero attached hydrogens (tertiary/aromatic N) is 4. The summed E-state index contributed by atoms with van der Waals surface area (Å²) in [6.45, 7) is 6.93. The molecule has 2 aliphatic rings. The summed E-state index contributed by atoms with van der Waals surface area (Å²) in [5.41, 5.74) is 3.36. The number of morpholine rings is 2. The number of hydrogen-bond donors (Lipinski definition) is 2. The molecule has 1 amide bonds. The van der Waals surface area contributed by atoms with Gasteiger partial charge >= 0.3 is 0 Å². The lowest BCUT2D eigenvalue weighted by atomic mass is 10.0. The Labute approximate surface area is 208 Å². The number of ether oxygens (including phenoxy) is 2. The molecule has 3 aromatic rings. The van der Waals surface area contributed by atoms with E-state index in [1.165, 1.54) is 0 Å². The summed E-state index contributed by atoms with van der Waals surface area (Å²) in [4.78, 5) is 26.3. The van der Waals surface area contributed by atoms with Gasteiger partial charge in [-0.2, -0.15) is 0 Å². The van der Waals surface area contributed by atoms with Gasteiger partial charge in [-0.1, -0.05) is 23.7 Å². The van der Waals surface area contributed by atoms with Crippen LogP contribution in [0.3, 0.4) is 0 Å². The fourth-order valence-corrected chi connectivity index (χ4v) is 4.61. The molecule has 9 nitrogen and oxygen atoms in total. The van der Waals surface area contributed by atoms with Crippen molar-refractivity contribution in [3.05, 3.63) is 58.4 Å². The van der Waals surface area contributed by atoms with Crippen LogP contribution in [0.4, 0.5) is 5.69 Å². The van der Waals surface area contributed by atoms with Gasteiger partial charge in [0.25, 0.3) is 5.91 Å². The summed E-state index contributed by atoms with van der Waals surface area (Å²) < 4.78 is 10.9. The van der Waals surface area contributed by atoms with Crippen LogP contribution in [0.15, 0.2) is 36.4 Å². The zero-order valence-corrected chi connectivity index (χ0v) is 20.1. The highest BCUT2D eigenvalue weighted by molar-refractivity contribution is 6.33. The Balaban J connectivity index is 1.43. The monoisotopic (exact) mass is 497 g/mol. The van der Waals surface area contributed by atoms with E-state index in [1.807, 2.05) is 24.3 Å². The average molecular weight is 498 g/mol. The quantitative estimate of drug-likeness (QED) is 0.501. The summed E-state index contributed by atoms with van der Waals surface area (Å²) in [5, 5.41) is 14.1. The first-order valence-corrected chi connectivity index (χ1v) is 12.1. The number of benzene rings is 2. The fourth-order valence-electron chi connectivity index (χ4n) is 4.39. The second-order valence-electron chi connectivity index (χ2n) is 8.73. The Morgan fingerprint density at radius 2 is 1.43 bits per heavy atom. The fraction of sp³-hybridized carbons (Fsp3) is 0.400. The maximum atomic E-state index is 13.2. The first-order valence-electron chi connectivity index (χ1n) is 11.8. The minimum absolute atomic E-state index is 0.0436. The van der Waals surface area contributed by atoms with Gasteiger partial charge < -0.3 is 19.9 Å². The molecule has 0 aliphatic carbocycles. The molecule has 0 saturated carbocycles. The number of halogens is 1. The van der Waals surface area contributed by atoms with Crippen molar-refractivity contribution >= 4 is 34.2 Å². The lowest BCUT2D eigenvalue weighted by Gasteiger charge is -2.29. The van der Waals surface area contributed by atoms with E-state index in [-0.39, 0.29) is 16.6 Å². The van der Waals surface area contributed by atoms with Crippen molar-refractivity contribution in [2.24, 2.45) is 0 Å². The molecule has 1 aromatic heterocycles. The van der Waals surface area contributed by atoms with E-state index < -0.39 is 5.91 Å². The second kappa shape index (κ2) is 10.8. The third-order valence-electron chi connectivity index (χ3n) is 6.26. The summed E-state index contributed by atoms with van der Waals surface area (Å²) in [7, 11) is 0. The van der Waals surface area contributed by atoms with Crippen LogP contribution in [0.5, 0.6) is 5.75 Å². The Morgan fingerprint density at radius 3 is 1.97 bits per heavy atom. The topological polar surface area (TPSA) is 100 Å². The third kappa shape index (κ3) is 5.71. The molecular weight excluding hydrogens is 470 g/mol. The van der Waals surface area contributed by atoms with Gasteiger partial charge in [0.15, 0.2) is 10.8 Å². The Hall–Kier alpha value is -2.82. The van der Waals surface area contributed by atoms with E-state index in [0.29, 0.717) is 56.2 Å². The van der Waals surface area contributed by atoms with E-state index in [4.69, 9.17) is 21.1 Å². The predicted molar refractivity (Wildman–Crippen MR) is 133 cm³/mol. The minimum Gasteiger partial charge on any atom is -0.507 e. The molecule has 35 heavy (non-hydrogen) atoms. The maximum absolute atomic E-state index is 13.2. The number of amides is 1. The van der Waals surface area contributed by atoms with E-state index >= 15 is 0 Å². The zero-order chi connectivity index (χ0) is 24.2. The Kier molecular flexibility index (Phi) is 7.40. The average Bonchev–Trinajstić information content (AvgIpc) is 2.87. The molecule has 2 aromatic carbocycles. The molecule has 2 saturated heterocycles. The van der Waals surface area contributed by atoms with Gasteiger partial charge in [-0.15, -0.1) is 0 Å². The number of aromatic nitrogens is 2. The van der Waals surface area contributed by atoms with Crippen LogP contribution in [-0.2, 0) is 22.6 Å². The van der Waals surface area contributed by atoms with Gasteiger partial charge in [0.2, 0.25) is 0 Å². The number of aromatic hydroxyl groups is 1. The number of phenols is 1. The van der Waals surface area contributed by atoms with Crippen molar-refractivity contribution < 1.29 is 19.4 Å². The standard InChI is InChI=1S/C25H28ClN5O4/c26-24-22(28-20-3-1-2-4-21(20)29-24)25(33)27-19-13-17(15-30-5-9-34-10-6-30)23(32)18(14-19)16-31-7-11-35-12-8-31/h1-4,13-14,32H,5-12,15-16H2,(H,27,33). The van der Waals surface area contributed by atoms with Crippen molar-refractivity contribution in [2.75, 3.05) is 57.9 Å².